The van der Waals surface area contributed by atoms with Crippen molar-refractivity contribution >= 4 is 16.9 Å². The fraction of sp³-hybridized carbons (Fsp3) is 0.353. The van der Waals surface area contributed by atoms with Crippen molar-refractivity contribution in [3.63, 3.8) is 0 Å². The number of nitrogens with zero attached hydrogens (tertiary/aromatic N) is 6. The Morgan fingerprint density at radius 3 is 2.67 bits per heavy atom. The molecule has 124 valence electrons. The Bertz CT molecular complexity index is 853. The predicted molar refractivity (Wildman–Crippen MR) is 90.2 cm³/mol. The molecule has 0 amide bonds. The van der Waals surface area contributed by atoms with Crippen LogP contribution in [0.1, 0.15) is 5.56 Å². The fourth-order valence-corrected chi connectivity index (χ4v) is 3.19. The standard InChI is InChI=1S/C17H19FN6/c1-22-16-14(10-21-22)17(20-12-19-16)24-8-6-23(7-9-24)11-13-4-2-3-5-15(13)18/h2-5,10,12H,6-9,11H2,1H3. The molecule has 1 fully saturated rings. The number of fused-ring (bicyclic) bond motifs is 1. The van der Waals surface area contributed by atoms with E-state index in [1.54, 1.807) is 17.1 Å². The maximum atomic E-state index is 13.8. The molecule has 0 bridgehead atoms. The van der Waals surface area contributed by atoms with Crippen LogP contribution in [-0.2, 0) is 13.6 Å². The van der Waals surface area contributed by atoms with Crippen molar-refractivity contribution in [2.45, 2.75) is 6.54 Å². The van der Waals surface area contributed by atoms with Crippen LogP contribution in [0.2, 0.25) is 0 Å². The summed E-state index contributed by atoms with van der Waals surface area (Å²) in [5.41, 5.74) is 1.59. The van der Waals surface area contributed by atoms with E-state index in [2.05, 4.69) is 24.9 Å². The summed E-state index contributed by atoms with van der Waals surface area (Å²) in [5.74, 6) is 0.798. The van der Waals surface area contributed by atoms with Crippen molar-refractivity contribution in [1.29, 1.82) is 0 Å². The second-order valence-electron chi connectivity index (χ2n) is 6.06. The minimum Gasteiger partial charge on any atom is -0.353 e. The van der Waals surface area contributed by atoms with Crippen LogP contribution in [0.5, 0.6) is 0 Å². The maximum Gasteiger partial charge on any atom is 0.163 e. The molecule has 0 aliphatic carbocycles. The summed E-state index contributed by atoms with van der Waals surface area (Å²) in [6.07, 6.45) is 3.40. The van der Waals surface area contributed by atoms with Crippen LogP contribution in [0.3, 0.4) is 0 Å². The van der Waals surface area contributed by atoms with Crippen LogP contribution < -0.4 is 4.90 Å². The lowest BCUT2D eigenvalue weighted by molar-refractivity contribution is 0.246. The van der Waals surface area contributed by atoms with Gasteiger partial charge in [0.25, 0.3) is 0 Å². The molecule has 0 spiro atoms. The topological polar surface area (TPSA) is 50.1 Å². The van der Waals surface area contributed by atoms with Gasteiger partial charge < -0.3 is 4.90 Å². The Hall–Kier alpha value is -2.54. The molecule has 0 radical (unpaired) electrons. The Balaban J connectivity index is 1.47. The SMILES string of the molecule is Cn1ncc2c(N3CCN(Cc4ccccc4F)CC3)ncnc21. The third-order valence-corrected chi connectivity index (χ3v) is 4.53. The number of hydrogen-bond donors (Lipinski definition) is 0. The number of aryl methyl sites for hydroxylation is 1. The van der Waals surface area contributed by atoms with Gasteiger partial charge in [-0.25, -0.2) is 14.4 Å². The third-order valence-electron chi connectivity index (χ3n) is 4.53. The molecule has 24 heavy (non-hydrogen) atoms. The number of piperazine rings is 1. The molecule has 3 heterocycles. The van der Waals surface area contributed by atoms with E-state index >= 15 is 0 Å². The van der Waals surface area contributed by atoms with Crippen LogP contribution in [0.25, 0.3) is 11.0 Å². The highest BCUT2D eigenvalue weighted by molar-refractivity contribution is 5.86. The lowest BCUT2D eigenvalue weighted by atomic mass is 10.2. The normalized spacial score (nSPS) is 16.0. The Morgan fingerprint density at radius 2 is 1.88 bits per heavy atom. The van der Waals surface area contributed by atoms with Crippen molar-refractivity contribution < 1.29 is 4.39 Å². The van der Waals surface area contributed by atoms with Crippen LogP contribution in [0.15, 0.2) is 36.8 Å². The number of anilines is 1. The third kappa shape index (κ3) is 2.71. The zero-order valence-corrected chi connectivity index (χ0v) is 13.6. The fourth-order valence-electron chi connectivity index (χ4n) is 3.19. The van der Waals surface area contributed by atoms with Gasteiger partial charge in [0.1, 0.15) is 18.0 Å². The highest BCUT2D eigenvalue weighted by Gasteiger charge is 2.21. The van der Waals surface area contributed by atoms with Gasteiger partial charge >= 0.3 is 0 Å². The summed E-state index contributed by atoms with van der Waals surface area (Å²) in [6.45, 7) is 4.11. The van der Waals surface area contributed by atoms with E-state index in [9.17, 15) is 4.39 Å². The van der Waals surface area contributed by atoms with E-state index in [0.717, 1.165) is 48.6 Å². The van der Waals surface area contributed by atoms with Crippen LogP contribution in [-0.4, -0.2) is 50.8 Å². The molecule has 0 unspecified atom stereocenters. The first kappa shape index (κ1) is 15.0. The molecular weight excluding hydrogens is 307 g/mol. The quantitative estimate of drug-likeness (QED) is 0.735. The van der Waals surface area contributed by atoms with Gasteiger partial charge in [0.15, 0.2) is 5.65 Å². The number of halogens is 1. The monoisotopic (exact) mass is 326 g/mol. The Morgan fingerprint density at radius 1 is 1.08 bits per heavy atom. The van der Waals surface area contributed by atoms with Gasteiger partial charge in [-0.15, -0.1) is 0 Å². The summed E-state index contributed by atoms with van der Waals surface area (Å²) >= 11 is 0. The molecule has 0 atom stereocenters. The van der Waals surface area contributed by atoms with Crippen molar-refractivity contribution in [1.82, 2.24) is 24.6 Å². The highest BCUT2D eigenvalue weighted by atomic mass is 19.1. The van der Waals surface area contributed by atoms with Crippen LogP contribution >= 0.6 is 0 Å². The Labute approximate surface area is 139 Å². The van der Waals surface area contributed by atoms with Crippen LogP contribution in [0.4, 0.5) is 10.2 Å². The number of hydrogen-bond acceptors (Lipinski definition) is 5. The average molecular weight is 326 g/mol. The molecule has 1 saturated heterocycles. The minimum absolute atomic E-state index is 0.132. The second kappa shape index (κ2) is 6.16. The first-order valence-corrected chi connectivity index (χ1v) is 8.06. The van der Waals surface area contributed by atoms with E-state index in [1.165, 1.54) is 6.07 Å². The van der Waals surface area contributed by atoms with Gasteiger partial charge in [-0.05, 0) is 6.07 Å². The molecule has 1 aliphatic rings. The summed E-state index contributed by atoms with van der Waals surface area (Å²) < 4.78 is 15.6. The first-order chi connectivity index (χ1) is 11.7. The van der Waals surface area contributed by atoms with E-state index in [-0.39, 0.29) is 5.82 Å². The molecule has 2 aromatic heterocycles. The van der Waals surface area contributed by atoms with Gasteiger partial charge in [0.2, 0.25) is 0 Å². The average Bonchev–Trinajstić information content (AvgIpc) is 2.99. The number of aromatic nitrogens is 4. The second-order valence-corrected chi connectivity index (χ2v) is 6.06. The van der Waals surface area contributed by atoms with Gasteiger partial charge in [-0.2, -0.15) is 5.10 Å². The van der Waals surface area contributed by atoms with Crippen molar-refractivity contribution in [2.24, 2.45) is 7.05 Å². The van der Waals surface area contributed by atoms with Gasteiger partial charge in [-0.1, -0.05) is 18.2 Å². The lowest BCUT2D eigenvalue weighted by Gasteiger charge is -2.35. The van der Waals surface area contributed by atoms with Gasteiger partial charge in [0.05, 0.1) is 11.6 Å². The molecule has 0 saturated carbocycles. The van der Waals surface area contributed by atoms with Gasteiger partial charge in [0, 0.05) is 45.3 Å². The zero-order chi connectivity index (χ0) is 16.5. The van der Waals surface area contributed by atoms with Gasteiger partial charge in [-0.3, -0.25) is 9.58 Å². The first-order valence-electron chi connectivity index (χ1n) is 8.06. The molecule has 0 N–H and O–H groups in total. The summed E-state index contributed by atoms with van der Waals surface area (Å²) in [4.78, 5) is 13.3. The van der Waals surface area contributed by atoms with Crippen molar-refractivity contribution in [3.05, 3.63) is 48.2 Å². The smallest absolute Gasteiger partial charge is 0.163 e. The summed E-state index contributed by atoms with van der Waals surface area (Å²) in [7, 11) is 1.88. The minimum atomic E-state index is -0.132. The lowest BCUT2D eigenvalue weighted by Crippen LogP contribution is -2.46. The molecule has 6 nitrogen and oxygen atoms in total. The number of benzene rings is 1. The van der Waals surface area contributed by atoms with Crippen molar-refractivity contribution in [3.8, 4) is 0 Å². The molecule has 1 aromatic carbocycles. The van der Waals surface area contributed by atoms with E-state index in [1.807, 2.05) is 25.4 Å². The van der Waals surface area contributed by atoms with Crippen molar-refractivity contribution in [2.75, 3.05) is 31.1 Å². The molecule has 7 heteroatoms. The molecule has 3 aromatic rings. The Kier molecular flexibility index (Phi) is 3.86. The number of rotatable bonds is 3. The molecule has 1 aliphatic heterocycles. The highest BCUT2D eigenvalue weighted by Crippen LogP contribution is 2.23. The van der Waals surface area contributed by atoms with E-state index in [4.69, 9.17) is 0 Å². The zero-order valence-electron chi connectivity index (χ0n) is 13.6. The summed E-state index contributed by atoms with van der Waals surface area (Å²) in [6, 6.07) is 6.98. The molecule has 4 rings (SSSR count). The van der Waals surface area contributed by atoms with E-state index < -0.39 is 0 Å². The largest absolute Gasteiger partial charge is 0.353 e. The summed E-state index contributed by atoms with van der Waals surface area (Å²) in [5, 5.41) is 5.24. The molecular formula is C17H19FN6. The maximum absolute atomic E-state index is 13.8. The van der Waals surface area contributed by atoms with E-state index in [0.29, 0.717) is 6.54 Å². The van der Waals surface area contributed by atoms with Crippen LogP contribution in [0, 0.1) is 5.82 Å². The predicted octanol–water partition coefficient (Wildman–Crippen LogP) is 1.82.